The summed E-state index contributed by atoms with van der Waals surface area (Å²) in [6.45, 7) is 3.08. The van der Waals surface area contributed by atoms with Crippen LogP contribution in [-0.2, 0) is 19.4 Å². The number of benzene rings is 1. The van der Waals surface area contributed by atoms with Gasteiger partial charge in [-0.1, -0.05) is 0 Å². The Hall–Kier alpha value is -2.33. The summed E-state index contributed by atoms with van der Waals surface area (Å²) in [6.07, 6.45) is 0. The highest BCUT2D eigenvalue weighted by Crippen LogP contribution is 2.22. The SMILES string of the molecule is Cc1cc(C(=O)OCC(=O)Nc2ccc(S(=O)(=O)C(F)F)cc2)c(C)s1. The quantitative estimate of drug-likeness (QED) is 0.749. The van der Waals surface area contributed by atoms with E-state index in [0.717, 1.165) is 21.9 Å². The number of sulfone groups is 1. The van der Waals surface area contributed by atoms with Gasteiger partial charge in [-0.15, -0.1) is 11.3 Å². The number of hydrogen-bond acceptors (Lipinski definition) is 6. The van der Waals surface area contributed by atoms with Crippen molar-refractivity contribution in [3.05, 3.63) is 45.6 Å². The number of halogens is 2. The van der Waals surface area contributed by atoms with Crippen molar-refractivity contribution in [2.24, 2.45) is 0 Å². The number of amides is 1. The second-order valence-corrected chi connectivity index (χ2v) is 8.66. The van der Waals surface area contributed by atoms with E-state index < -0.39 is 39.0 Å². The van der Waals surface area contributed by atoms with E-state index in [4.69, 9.17) is 4.74 Å². The van der Waals surface area contributed by atoms with Gasteiger partial charge in [-0.05, 0) is 44.2 Å². The average molecular weight is 403 g/mol. The van der Waals surface area contributed by atoms with Crippen molar-refractivity contribution in [1.29, 1.82) is 0 Å². The molecular formula is C16H15F2NO5S2. The van der Waals surface area contributed by atoms with E-state index in [9.17, 15) is 26.8 Å². The van der Waals surface area contributed by atoms with Gasteiger partial charge in [-0.3, -0.25) is 4.79 Å². The van der Waals surface area contributed by atoms with E-state index in [1.807, 2.05) is 6.92 Å². The maximum Gasteiger partial charge on any atom is 0.341 e. The van der Waals surface area contributed by atoms with Crippen LogP contribution in [0.3, 0.4) is 0 Å². The van der Waals surface area contributed by atoms with Gasteiger partial charge in [-0.25, -0.2) is 13.2 Å². The van der Waals surface area contributed by atoms with E-state index in [1.54, 1.807) is 13.0 Å². The molecular weight excluding hydrogens is 388 g/mol. The molecule has 0 saturated carbocycles. The van der Waals surface area contributed by atoms with Gasteiger partial charge in [-0.2, -0.15) is 8.78 Å². The first-order valence-electron chi connectivity index (χ1n) is 7.27. The third-order valence-corrected chi connectivity index (χ3v) is 5.66. The number of hydrogen-bond donors (Lipinski definition) is 1. The molecule has 0 atom stereocenters. The zero-order chi connectivity index (χ0) is 19.5. The van der Waals surface area contributed by atoms with E-state index in [0.29, 0.717) is 5.56 Å². The Bertz CT molecular complexity index is 921. The molecule has 1 heterocycles. The van der Waals surface area contributed by atoms with Gasteiger partial charge in [0.2, 0.25) is 9.84 Å². The second-order valence-electron chi connectivity index (χ2n) is 5.28. The van der Waals surface area contributed by atoms with Crippen molar-refractivity contribution < 1.29 is 31.5 Å². The largest absolute Gasteiger partial charge is 0.452 e. The summed E-state index contributed by atoms with van der Waals surface area (Å²) in [5.41, 5.74) is 0.573. The first kappa shape index (κ1) is 20.0. The molecule has 2 aromatic rings. The van der Waals surface area contributed by atoms with Crippen LogP contribution in [0.5, 0.6) is 0 Å². The van der Waals surface area contributed by atoms with E-state index >= 15 is 0 Å². The van der Waals surface area contributed by atoms with Crippen LogP contribution in [0.2, 0.25) is 0 Å². The fourth-order valence-corrected chi connectivity index (χ4v) is 3.70. The van der Waals surface area contributed by atoms with Gasteiger partial charge in [0.25, 0.3) is 5.91 Å². The Labute approximate surface area is 152 Å². The van der Waals surface area contributed by atoms with Crippen LogP contribution in [-0.4, -0.2) is 32.7 Å². The molecule has 0 aliphatic rings. The minimum absolute atomic E-state index is 0.182. The zero-order valence-electron chi connectivity index (χ0n) is 13.8. The Morgan fingerprint density at radius 3 is 2.31 bits per heavy atom. The Kier molecular flexibility index (Phi) is 6.09. The first-order chi connectivity index (χ1) is 12.1. The molecule has 26 heavy (non-hydrogen) atoms. The third kappa shape index (κ3) is 4.64. The van der Waals surface area contributed by atoms with Crippen LogP contribution in [0.1, 0.15) is 20.1 Å². The molecule has 0 bridgehead atoms. The summed E-state index contributed by atoms with van der Waals surface area (Å²) in [5, 5.41) is 2.38. The number of alkyl halides is 2. The summed E-state index contributed by atoms with van der Waals surface area (Å²) in [5.74, 6) is -4.79. The van der Waals surface area contributed by atoms with Crippen LogP contribution in [0, 0.1) is 13.8 Å². The molecule has 1 aromatic heterocycles. The molecule has 2 rings (SSSR count). The number of anilines is 1. The summed E-state index contributed by atoms with van der Waals surface area (Å²) >= 11 is 1.44. The van der Waals surface area contributed by atoms with Crippen LogP contribution < -0.4 is 5.32 Å². The van der Waals surface area contributed by atoms with Gasteiger partial charge in [0.15, 0.2) is 6.61 Å². The van der Waals surface area contributed by atoms with E-state index in [2.05, 4.69) is 5.32 Å². The third-order valence-electron chi connectivity index (χ3n) is 3.30. The number of ether oxygens (including phenoxy) is 1. The summed E-state index contributed by atoms with van der Waals surface area (Å²) < 4.78 is 52.5. The van der Waals surface area contributed by atoms with Crippen molar-refractivity contribution in [2.75, 3.05) is 11.9 Å². The smallest absolute Gasteiger partial charge is 0.341 e. The standard InChI is InChI=1S/C16H15F2NO5S2/c1-9-7-13(10(2)25-9)15(21)24-8-14(20)19-11-3-5-12(6-4-11)26(22,23)16(17)18/h3-7,16H,8H2,1-2H3,(H,19,20). The molecule has 0 fully saturated rings. The van der Waals surface area contributed by atoms with Gasteiger partial charge >= 0.3 is 11.7 Å². The van der Waals surface area contributed by atoms with Crippen LogP contribution in [0.4, 0.5) is 14.5 Å². The van der Waals surface area contributed by atoms with Crippen LogP contribution in [0.25, 0.3) is 0 Å². The molecule has 0 unspecified atom stereocenters. The van der Waals surface area contributed by atoms with E-state index in [-0.39, 0.29) is 5.69 Å². The van der Waals surface area contributed by atoms with Crippen LogP contribution in [0.15, 0.2) is 35.2 Å². The van der Waals surface area contributed by atoms with Crippen molar-refractivity contribution in [3.63, 3.8) is 0 Å². The fourth-order valence-electron chi connectivity index (χ4n) is 2.07. The Morgan fingerprint density at radius 2 is 1.81 bits per heavy atom. The number of nitrogens with one attached hydrogen (secondary N) is 1. The summed E-state index contributed by atoms with van der Waals surface area (Å²) in [6, 6.07) is 5.92. The van der Waals surface area contributed by atoms with Crippen molar-refractivity contribution in [1.82, 2.24) is 0 Å². The summed E-state index contributed by atoms with van der Waals surface area (Å²) in [7, 11) is -4.69. The molecule has 1 aromatic carbocycles. The number of aryl methyl sites for hydroxylation is 2. The molecule has 6 nitrogen and oxygen atoms in total. The molecule has 0 aliphatic heterocycles. The first-order valence-corrected chi connectivity index (χ1v) is 9.63. The molecule has 140 valence electrons. The minimum Gasteiger partial charge on any atom is -0.452 e. The van der Waals surface area contributed by atoms with E-state index in [1.165, 1.54) is 23.5 Å². The normalized spacial score (nSPS) is 11.4. The zero-order valence-corrected chi connectivity index (χ0v) is 15.4. The molecule has 0 radical (unpaired) electrons. The van der Waals surface area contributed by atoms with Crippen molar-refractivity contribution in [3.8, 4) is 0 Å². The number of carbonyl (C=O) groups excluding carboxylic acids is 2. The number of carbonyl (C=O) groups is 2. The maximum absolute atomic E-state index is 12.4. The van der Waals surface area contributed by atoms with Crippen molar-refractivity contribution >= 4 is 38.7 Å². The molecule has 0 spiro atoms. The predicted molar refractivity (Wildman–Crippen MR) is 92.3 cm³/mol. The van der Waals surface area contributed by atoms with Crippen LogP contribution >= 0.6 is 11.3 Å². The number of thiophene rings is 1. The lowest BCUT2D eigenvalue weighted by Crippen LogP contribution is -2.21. The second kappa shape index (κ2) is 7.92. The fraction of sp³-hybridized carbons (Fsp3) is 0.250. The molecule has 0 aliphatic carbocycles. The lowest BCUT2D eigenvalue weighted by Gasteiger charge is -2.08. The highest BCUT2D eigenvalue weighted by atomic mass is 32.2. The monoisotopic (exact) mass is 403 g/mol. The van der Waals surface area contributed by atoms with Gasteiger partial charge in [0.05, 0.1) is 10.5 Å². The molecule has 1 amide bonds. The van der Waals surface area contributed by atoms with Gasteiger partial charge in [0.1, 0.15) is 0 Å². The lowest BCUT2D eigenvalue weighted by molar-refractivity contribution is -0.119. The lowest BCUT2D eigenvalue weighted by atomic mass is 10.2. The molecule has 0 saturated heterocycles. The van der Waals surface area contributed by atoms with Crippen molar-refractivity contribution in [2.45, 2.75) is 24.5 Å². The maximum atomic E-state index is 12.4. The minimum atomic E-state index is -4.69. The Balaban J connectivity index is 1.94. The van der Waals surface area contributed by atoms with Gasteiger partial charge < -0.3 is 10.1 Å². The average Bonchev–Trinajstić information content (AvgIpc) is 2.91. The summed E-state index contributed by atoms with van der Waals surface area (Å²) in [4.78, 5) is 24.9. The Morgan fingerprint density at radius 1 is 1.19 bits per heavy atom. The van der Waals surface area contributed by atoms with Gasteiger partial charge in [0, 0.05) is 15.4 Å². The highest BCUT2D eigenvalue weighted by molar-refractivity contribution is 7.91. The number of esters is 1. The highest BCUT2D eigenvalue weighted by Gasteiger charge is 2.26. The number of rotatable bonds is 6. The topological polar surface area (TPSA) is 89.5 Å². The predicted octanol–water partition coefficient (Wildman–Crippen LogP) is 3.16. The molecule has 1 N–H and O–H groups in total. The molecule has 10 heteroatoms.